The number of nitrogens with two attached hydrogens (primary N) is 1. The van der Waals surface area contributed by atoms with Crippen molar-refractivity contribution in [3.05, 3.63) is 65.2 Å². The highest BCUT2D eigenvalue weighted by Gasteiger charge is 2.64. The SMILES string of the molecule is Cn1cc2c(Cl)c(-c3[nH]nc4nc(N5CC[C@@H]6[C@H](CC5)C6(CN)c5ccccc5F)cnc34)ccc2n1. The van der Waals surface area contributed by atoms with Crippen molar-refractivity contribution in [1.29, 1.82) is 0 Å². The molecule has 1 unspecified atom stereocenters. The van der Waals surface area contributed by atoms with E-state index in [0.717, 1.165) is 59.5 Å². The fraction of sp³-hybridized carbons (Fsp3) is 0.333. The van der Waals surface area contributed by atoms with E-state index >= 15 is 0 Å². The number of anilines is 1. The number of hydrogen-bond donors (Lipinski definition) is 2. The van der Waals surface area contributed by atoms with Gasteiger partial charge in [0.15, 0.2) is 0 Å². The number of benzene rings is 2. The molecule has 0 amide bonds. The number of H-pyrrole nitrogens is 1. The van der Waals surface area contributed by atoms with Crippen LogP contribution in [0.15, 0.2) is 48.8 Å². The average Bonchev–Trinajstić information content (AvgIpc) is 3.16. The zero-order valence-electron chi connectivity index (χ0n) is 20.3. The predicted molar refractivity (Wildman–Crippen MR) is 142 cm³/mol. The zero-order chi connectivity index (χ0) is 25.3. The Bertz CT molecular complexity index is 1650. The van der Waals surface area contributed by atoms with E-state index in [4.69, 9.17) is 27.3 Å². The van der Waals surface area contributed by atoms with E-state index in [2.05, 4.69) is 20.2 Å². The van der Waals surface area contributed by atoms with Gasteiger partial charge in [0, 0.05) is 49.2 Å². The molecule has 3 N–H and O–H groups in total. The van der Waals surface area contributed by atoms with Gasteiger partial charge in [-0.1, -0.05) is 29.8 Å². The molecule has 1 aliphatic carbocycles. The summed E-state index contributed by atoms with van der Waals surface area (Å²) in [4.78, 5) is 11.8. The fourth-order valence-corrected chi connectivity index (χ4v) is 6.90. The third kappa shape index (κ3) is 3.30. The van der Waals surface area contributed by atoms with Crippen LogP contribution in [0.3, 0.4) is 0 Å². The Balaban J connectivity index is 1.15. The molecule has 0 spiro atoms. The molecule has 2 aromatic carbocycles. The van der Waals surface area contributed by atoms with Crippen molar-refractivity contribution in [2.45, 2.75) is 18.3 Å². The van der Waals surface area contributed by atoms with Gasteiger partial charge in [0.25, 0.3) is 0 Å². The highest BCUT2D eigenvalue weighted by molar-refractivity contribution is 6.38. The summed E-state index contributed by atoms with van der Waals surface area (Å²) in [5, 5.41) is 13.4. The standard InChI is InChI=1S/C27H26ClFN8/c1-36-13-16-21(35-36)7-6-15(23(16)28)24-25-26(34-33-24)32-22(12-31-25)37-10-8-17-18(9-11-37)27(17,14-30)19-4-2-3-5-20(19)29/h2-7,12-13,17-18H,8-11,14,30H2,1H3,(H,32,33,34)/t17-,18+,27?. The first-order chi connectivity index (χ1) is 18.0. The first kappa shape index (κ1) is 22.6. The molecule has 2 aliphatic rings. The maximum absolute atomic E-state index is 14.7. The van der Waals surface area contributed by atoms with E-state index in [1.165, 1.54) is 0 Å². The molecular formula is C27H26ClFN8. The zero-order valence-corrected chi connectivity index (χ0v) is 21.1. The number of hydrogen-bond acceptors (Lipinski definition) is 6. The molecule has 3 atom stereocenters. The third-order valence-corrected chi connectivity index (χ3v) is 8.82. The number of aromatic amines is 1. The monoisotopic (exact) mass is 516 g/mol. The Kier molecular flexibility index (Phi) is 5.03. The highest BCUT2D eigenvalue weighted by Crippen LogP contribution is 2.64. The molecule has 5 aromatic rings. The van der Waals surface area contributed by atoms with Crippen LogP contribution < -0.4 is 10.6 Å². The summed E-state index contributed by atoms with van der Waals surface area (Å²) in [5.74, 6) is 1.39. The van der Waals surface area contributed by atoms with Crippen LogP contribution >= 0.6 is 11.6 Å². The molecule has 8 nitrogen and oxygen atoms in total. The van der Waals surface area contributed by atoms with E-state index in [9.17, 15) is 4.39 Å². The summed E-state index contributed by atoms with van der Waals surface area (Å²) < 4.78 is 16.4. The maximum Gasteiger partial charge on any atom is 0.202 e. The second-order valence-corrected chi connectivity index (χ2v) is 10.5. The number of nitrogens with one attached hydrogen (secondary N) is 1. The molecule has 0 radical (unpaired) electrons. The van der Waals surface area contributed by atoms with Crippen molar-refractivity contribution in [3.8, 4) is 11.3 Å². The van der Waals surface area contributed by atoms with E-state index in [-0.39, 0.29) is 11.2 Å². The summed E-state index contributed by atoms with van der Waals surface area (Å²) in [7, 11) is 1.87. The van der Waals surface area contributed by atoms with Gasteiger partial charge in [0.05, 0.1) is 22.4 Å². The Hall–Kier alpha value is -3.56. The predicted octanol–water partition coefficient (Wildman–Crippen LogP) is 4.44. The summed E-state index contributed by atoms with van der Waals surface area (Å²) in [5.41, 5.74) is 10.4. The van der Waals surface area contributed by atoms with E-state index in [1.807, 2.05) is 43.7 Å². The van der Waals surface area contributed by atoms with Crippen molar-refractivity contribution in [1.82, 2.24) is 29.9 Å². The van der Waals surface area contributed by atoms with Gasteiger partial charge < -0.3 is 10.6 Å². The second kappa shape index (κ2) is 8.22. The van der Waals surface area contributed by atoms with Gasteiger partial charge in [-0.2, -0.15) is 10.2 Å². The largest absolute Gasteiger partial charge is 0.355 e. The number of rotatable bonds is 4. The molecule has 4 heterocycles. The van der Waals surface area contributed by atoms with Crippen LogP contribution in [-0.2, 0) is 12.5 Å². The van der Waals surface area contributed by atoms with Crippen molar-refractivity contribution < 1.29 is 4.39 Å². The van der Waals surface area contributed by atoms with Crippen molar-refractivity contribution in [2.75, 3.05) is 24.5 Å². The van der Waals surface area contributed by atoms with Crippen LogP contribution in [0.5, 0.6) is 0 Å². The molecule has 37 heavy (non-hydrogen) atoms. The van der Waals surface area contributed by atoms with Crippen LogP contribution in [0, 0.1) is 17.7 Å². The van der Waals surface area contributed by atoms with Gasteiger partial charge in [-0.3, -0.25) is 9.78 Å². The molecule has 7 rings (SSSR count). The van der Waals surface area contributed by atoms with Gasteiger partial charge in [0.1, 0.15) is 17.2 Å². The van der Waals surface area contributed by atoms with Crippen LogP contribution in [0.25, 0.3) is 33.3 Å². The second-order valence-electron chi connectivity index (χ2n) is 10.2. The molecule has 2 fully saturated rings. The molecule has 0 bridgehead atoms. The third-order valence-electron chi connectivity index (χ3n) is 8.42. The van der Waals surface area contributed by atoms with Gasteiger partial charge in [-0.15, -0.1) is 0 Å². The van der Waals surface area contributed by atoms with Crippen molar-refractivity contribution >= 4 is 39.5 Å². The molecule has 10 heteroatoms. The van der Waals surface area contributed by atoms with E-state index in [1.54, 1.807) is 16.8 Å². The first-order valence-corrected chi connectivity index (χ1v) is 12.9. The molecule has 1 saturated carbocycles. The summed E-state index contributed by atoms with van der Waals surface area (Å²) in [6.07, 6.45) is 5.58. The number of halogens is 2. The fourth-order valence-electron chi connectivity index (χ4n) is 6.60. The summed E-state index contributed by atoms with van der Waals surface area (Å²) >= 11 is 6.73. The van der Waals surface area contributed by atoms with Crippen LogP contribution in [0.1, 0.15) is 18.4 Å². The lowest BCUT2D eigenvalue weighted by molar-refractivity contribution is 0.506. The first-order valence-electron chi connectivity index (χ1n) is 12.5. The molecule has 1 saturated heterocycles. The van der Waals surface area contributed by atoms with Gasteiger partial charge in [-0.25, -0.2) is 14.4 Å². The smallest absolute Gasteiger partial charge is 0.202 e. The number of aryl methyl sites for hydroxylation is 1. The normalized spacial score (nSPS) is 23.4. The van der Waals surface area contributed by atoms with Crippen LogP contribution in [0.4, 0.5) is 10.2 Å². The van der Waals surface area contributed by atoms with Gasteiger partial charge >= 0.3 is 0 Å². The minimum Gasteiger partial charge on any atom is -0.355 e. The minimum atomic E-state index is -0.251. The topological polar surface area (TPSA) is 102 Å². The maximum atomic E-state index is 14.7. The lowest BCUT2D eigenvalue weighted by atomic mass is 9.89. The quantitative estimate of drug-likeness (QED) is 0.366. The number of aromatic nitrogens is 6. The Morgan fingerprint density at radius 1 is 1.16 bits per heavy atom. The molecule has 3 aromatic heterocycles. The lowest BCUT2D eigenvalue weighted by Gasteiger charge is -2.25. The lowest BCUT2D eigenvalue weighted by Crippen LogP contribution is -2.31. The van der Waals surface area contributed by atoms with Crippen molar-refractivity contribution in [2.24, 2.45) is 24.6 Å². The highest BCUT2D eigenvalue weighted by atomic mass is 35.5. The Labute approximate surface area is 217 Å². The number of fused-ring (bicyclic) bond motifs is 3. The average molecular weight is 517 g/mol. The molecule has 188 valence electrons. The Morgan fingerprint density at radius 3 is 2.70 bits per heavy atom. The van der Waals surface area contributed by atoms with E-state index in [0.29, 0.717) is 34.6 Å². The summed E-state index contributed by atoms with van der Waals surface area (Å²) in [6, 6.07) is 11.0. The summed E-state index contributed by atoms with van der Waals surface area (Å²) in [6.45, 7) is 2.11. The van der Waals surface area contributed by atoms with Crippen LogP contribution in [-0.4, -0.2) is 49.6 Å². The Morgan fingerprint density at radius 2 is 1.95 bits per heavy atom. The molecular weight excluding hydrogens is 491 g/mol. The van der Waals surface area contributed by atoms with Crippen molar-refractivity contribution in [3.63, 3.8) is 0 Å². The van der Waals surface area contributed by atoms with Gasteiger partial charge in [-0.05, 0) is 48.4 Å². The van der Waals surface area contributed by atoms with Crippen LogP contribution in [0.2, 0.25) is 5.02 Å². The molecule has 1 aliphatic heterocycles. The van der Waals surface area contributed by atoms with Gasteiger partial charge in [0.2, 0.25) is 5.65 Å². The minimum absolute atomic E-state index is 0.147. The van der Waals surface area contributed by atoms with E-state index < -0.39 is 0 Å². The number of nitrogens with zero attached hydrogens (tertiary/aromatic N) is 6.